The van der Waals surface area contributed by atoms with E-state index < -0.39 is 0 Å². The van der Waals surface area contributed by atoms with Crippen LogP contribution in [-0.2, 0) is 6.54 Å². The van der Waals surface area contributed by atoms with Crippen molar-refractivity contribution in [2.24, 2.45) is 0 Å². The predicted octanol–water partition coefficient (Wildman–Crippen LogP) is 4.31. The largest absolute Gasteiger partial charge is 0.342 e. The minimum absolute atomic E-state index is 0.108. The van der Waals surface area contributed by atoms with Crippen molar-refractivity contribution in [3.05, 3.63) is 61.9 Å². The van der Waals surface area contributed by atoms with Crippen LogP contribution < -0.4 is 0 Å². The SMILES string of the molecule is O=[N+]([O-])c1ccc2ccn(Cc3ccc(Cl)s3)c2c1. The Balaban J connectivity index is 2.03. The second kappa shape index (κ2) is 4.68. The standard InChI is InChI=1S/C13H9ClN2O2S/c14-13-4-3-11(19-13)8-15-6-5-9-1-2-10(16(17)18)7-12(9)15/h1-7H,8H2. The van der Waals surface area contributed by atoms with Crippen LogP contribution in [-0.4, -0.2) is 9.49 Å². The molecule has 3 aromatic rings. The summed E-state index contributed by atoms with van der Waals surface area (Å²) in [5, 5.41) is 11.8. The van der Waals surface area contributed by atoms with Gasteiger partial charge in [0.1, 0.15) is 0 Å². The van der Waals surface area contributed by atoms with Crippen LogP contribution >= 0.6 is 22.9 Å². The van der Waals surface area contributed by atoms with Gasteiger partial charge < -0.3 is 4.57 Å². The molecule has 96 valence electrons. The summed E-state index contributed by atoms with van der Waals surface area (Å²) in [7, 11) is 0. The maximum atomic E-state index is 10.8. The lowest BCUT2D eigenvalue weighted by molar-refractivity contribution is -0.384. The molecule has 2 aromatic heterocycles. The predicted molar refractivity (Wildman–Crippen MR) is 77.0 cm³/mol. The van der Waals surface area contributed by atoms with Gasteiger partial charge in [0, 0.05) is 28.6 Å². The van der Waals surface area contributed by atoms with Crippen molar-refractivity contribution in [3.8, 4) is 0 Å². The van der Waals surface area contributed by atoms with Crippen LogP contribution in [0.25, 0.3) is 10.9 Å². The van der Waals surface area contributed by atoms with Crippen molar-refractivity contribution in [3.63, 3.8) is 0 Å². The number of hydrogen-bond acceptors (Lipinski definition) is 3. The molecular formula is C13H9ClN2O2S. The highest BCUT2D eigenvalue weighted by atomic mass is 35.5. The highest BCUT2D eigenvalue weighted by molar-refractivity contribution is 7.16. The van der Waals surface area contributed by atoms with E-state index >= 15 is 0 Å². The maximum Gasteiger partial charge on any atom is 0.271 e. The molecule has 0 saturated carbocycles. The van der Waals surface area contributed by atoms with Crippen molar-refractivity contribution in [1.82, 2.24) is 4.57 Å². The second-order valence-corrected chi connectivity index (χ2v) is 5.95. The van der Waals surface area contributed by atoms with Crippen molar-refractivity contribution in [1.29, 1.82) is 0 Å². The Morgan fingerprint density at radius 3 is 2.79 bits per heavy atom. The first-order chi connectivity index (χ1) is 9.13. The van der Waals surface area contributed by atoms with Gasteiger partial charge in [0.05, 0.1) is 21.3 Å². The average molecular weight is 293 g/mol. The molecule has 0 aliphatic heterocycles. The lowest BCUT2D eigenvalue weighted by Crippen LogP contribution is -1.96. The molecule has 0 aliphatic carbocycles. The fraction of sp³-hybridized carbons (Fsp3) is 0.0769. The third-order valence-electron chi connectivity index (χ3n) is 2.92. The molecule has 1 aromatic carbocycles. The van der Waals surface area contributed by atoms with Gasteiger partial charge >= 0.3 is 0 Å². The number of nitro benzene ring substituents is 1. The quantitative estimate of drug-likeness (QED) is 0.533. The van der Waals surface area contributed by atoms with Gasteiger partial charge in [0.15, 0.2) is 0 Å². The van der Waals surface area contributed by atoms with Gasteiger partial charge in [-0.05, 0) is 24.3 Å². The molecule has 0 atom stereocenters. The number of fused-ring (bicyclic) bond motifs is 1. The lowest BCUT2D eigenvalue weighted by Gasteiger charge is -2.03. The molecule has 3 rings (SSSR count). The fourth-order valence-electron chi connectivity index (χ4n) is 2.03. The first-order valence-corrected chi connectivity index (χ1v) is 6.80. The summed E-state index contributed by atoms with van der Waals surface area (Å²) in [5.74, 6) is 0. The van der Waals surface area contributed by atoms with E-state index in [9.17, 15) is 10.1 Å². The molecule has 0 fully saturated rings. The minimum atomic E-state index is -0.376. The topological polar surface area (TPSA) is 48.1 Å². The number of hydrogen-bond donors (Lipinski definition) is 0. The smallest absolute Gasteiger partial charge is 0.271 e. The molecule has 4 nitrogen and oxygen atoms in total. The molecular weight excluding hydrogens is 284 g/mol. The van der Waals surface area contributed by atoms with Crippen LogP contribution in [0.2, 0.25) is 4.34 Å². The van der Waals surface area contributed by atoms with Crippen LogP contribution in [0.1, 0.15) is 4.88 Å². The fourth-order valence-corrected chi connectivity index (χ4v) is 3.11. The zero-order valence-corrected chi connectivity index (χ0v) is 11.3. The zero-order valence-electron chi connectivity index (χ0n) is 9.75. The number of rotatable bonds is 3. The van der Waals surface area contributed by atoms with Crippen molar-refractivity contribution < 1.29 is 4.92 Å². The molecule has 2 heterocycles. The lowest BCUT2D eigenvalue weighted by atomic mass is 10.2. The summed E-state index contributed by atoms with van der Waals surface area (Å²) in [5.41, 5.74) is 0.968. The molecule has 0 N–H and O–H groups in total. The highest BCUT2D eigenvalue weighted by Gasteiger charge is 2.09. The number of nitro groups is 1. The van der Waals surface area contributed by atoms with Gasteiger partial charge in [0.2, 0.25) is 0 Å². The summed E-state index contributed by atoms with van der Waals surface area (Å²) in [4.78, 5) is 11.6. The normalized spacial score (nSPS) is 11.0. The summed E-state index contributed by atoms with van der Waals surface area (Å²) < 4.78 is 2.74. The van der Waals surface area contributed by atoms with Gasteiger partial charge in [-0.3, -0.25) is 10.1 Å². The Bertz CT molecular complexity index is 763. The summed E-state index contributed by atoms with van der Waals surface area (Å²) >= 11 is 7.42. The Hall–Kier alpha value is -1.85. The van der Waals surface area contributed by atoms with Gasteiger partial charge in [-0.15, -0.1) is 11.3 Å². The van der Waals surface area contributed by atoms with Crippen molar-refractivity contribution >= 4 is 39.5 Å². The van der Waals surface area contributed by atoms with Crippen molar-refractivity contribution in [2.45, 2.75) is 6.54 Å². The van der Waals surface area contributed by atoms with Gasteiger partial charge in [-0.1, -0.05) is 11.6 Å². The minimum Gasteiger partial charge on any atom is -0.342 e. The zero-order chi connectivity index (χ0) is 13.4. The van der Waals surface area contributed by atoms with Crippen LogP contribution in [0.3, 0.4) is 0 Å². The third kappa shape index (κ3) is 2.34. The first kappa shape index (κ1) is 12.2. The molecule has 0 bridgehead atoms. The Kier molecular flexibility index (Phi) is 3.00. The van der Waals surface area contributed by atoms with Gasteiger partial charge in [-0.25, -0.2) is 0 Å². The molecule has 0 aliphatic rings. The third-order valence-corrected chi connectivity index (χ3v) is 4.14. The monoisotopic (exact) mass is 292 g/mol. The van der Waals surface area contributed by atoms with E-state index in [-0.39, 0.29) is 10.6 Å². The maximum absolute atomic E-state index is 10.8. The van der Waals surface area contributed by atoms with Gasteiger partial charge in [0.25, 0.3) is 5.69 Å². The van der Waals surface area contributed by atoms with E-state index in [4.69, 9.17) is 11.6 Å². The summed E-state index contributed by atoms with van der Waals surface area (Å²) in [6.07, 6.45) is 1.93. The molecule has 19 heavy (non-hydrogen) atoms. The van der Waals surface area contributed by atoms with E-state index in [2.05, 4.69) is 0 Å². The number of thiophene rings is 1. The van der Waals surface area contributed by atoms with E-state index in [1.807, 2.05) is 29.0 Å². The first-order valence-electron chi connectivity index (χ1n) is 5.61. The van der Waals surface area contributed by atoms with Gasteiger partial charge in [-0.2, -0.15) is 0 Å². The Morgan fingerprint density at radius 1 is 1.26 bits per heavy atom. The average Bonchev–Trinajstić information content (AvgIpc) is 2.96. The number of benzene rings is 1. The summed E-state index contributed by atoms with van der Waals surface area (Å²) in [6, 6.07) is 10.7. The molecule has 0 amide bonds. The molecule has 6 heteroatoms. The molecule has 0 spiro atoms. The van der Waals surface area contributed by atoms with E-state index in [0.29, 0.717) is 6.54 Å². The highest BCUT2D eigenvalue weighted by Crippen LogP contribution is 2.26. The van der Waals surface area contributed by atoms with E-state index in [1.54, 1.807) is 12.1 Å². The molecule has 0 radical (unpaired) electrons. The van der Waals surface area contributed by atoms with Crippen LogP contribution in [0, 0.1) is 10.1 Å². The number of non-ortho nitro benzene ring substituents is 1. The van der Waals surface area contributed by atoms with E-state index in [1.165, 1.54) is 17.4 Å². The van der Waals surface area contributed by atoms with Crippen molar-refractivity contribution in [2.75, 3.05) is 0 Å². The Morgan fingerprint density at radius 2 is 2.11 bits per heavy atom. The Labute approximate surface area is 118 Å². The second-order valence-electron chi connectivity index (χ2n) is 4.15. The summed E-state index contributed by atoms with van der Waals surface area (Å²) in [6.45, 7) is 0.669. The number of halogens is 1. The van der Waals surface area contributed by atoms with Crippen LogP contribution in [0.4, 0.5) is 5.69 Å². The number of nitrogens with zero attached hydrogens (tertiary/aromatic N) is 2. The van der Waals surface area contributed by atoms with E-state index in [0.717, 1.165) is 20.1 Å². The van der Waals surface area contributed by atoms with Crippen LogP contribution in [0.15, 0.2) is 42.6 Å². The number of aromatic nitrogens is 1. The van der Waals surface area contributed by atoms with Crippen LogP contribution in [0.5, 0.6) is 0 Å². The molecule has 0 unspecified atom stereocenters. The molecule has 0 saturated heterocycles.